The normalized spacial score (nSPS) is 19.2. The zero-order valence-corrected chi connectivity index (χ0v) is 7.69. The summed E-state index contributed by atoms with van der Waals surface area (Å²) in [5.74, 6) is 0.701. The van der Waals surface area contributed by atoms with Crippen molar-refractivity contribution in [2.75, 3.05) is 0 Å². The molecule has 1 fully saturated rings. The molecule has 0 aromatic carbocycles. The van der Waals surface area contributed by atoms with Crippen LogP contribution in [0.5, 0.6) is 0 Å². The lowest BCUT2D eigenvalue weighted by Crippen LogP contribution is -2.14. The molecule has 4 heteroatoms. The van der Waals surface area contributed by atoms with Gasteiger partial charge in [-0.2, -0.15) is 0 Å². The van der Waals surface area contributed by atoms with Crippen LogP contribution in [0, 0.1) is 0 Å². The van der Waals surface area contributed by atoms with Gasteiger partial charge in [-0.25, -0.2) is 0 Å². The Bertz CT molecular complexity index is 266. The van der Waals surface area contributed by atoms with Crippen LogP contribution in [0.2, 0.25) is 0 Å². The third-order valence-corrected chi connectivity index (χ3v) is 2.76. The molecule has 0 bridgehead atoms. The topological polar surface area (TPSA) is 50.9 Å². The molecule has 13 heavy (non-hydrogen) atoms. The summed E-state index contributed by atoms with van der Waals surface area (Å²) in [6, 6.07) is 0.519. The van der Waals surface area contributed by atoms with Crippen LogP contribution in [-0.4, -0.2) is 19.9 Å². The van der Waals surface area contributed by atoms with Crippen molar-refractivity contribution < 1.29 is 5.11 Å². The van der Waals surface area contributed by atoms with Crippen LogP contribution in [0.25, 0.3) is 0 Å². The van der Waals surface area contributed by atoms with Crippen LogP contribution in [0.3, 0.4) is 0 Å². The molecule has 0 aliphatic heterocycles. The number of aromatic nitrogens is 3. The van der Waals surface area contributed by atoms with Crippen LogP contribution in [0.15, 0.2) is 6.33 Å². The van der Waals surface area contributed by atoms with E-state index in [1.165, 1.54) is 32.1 Å². The highest BCUT2D eigenvalue weighted by Crippen LogP contribution is 2.28. The van der Waals surface area contributed by atoms with Gasteiger partial charge < -0.3 is 9.67 Å². The highest BCUT2D eigenvalue weighted by atomic mass is 16.3. The summed E-state index contributed by atoms with van der Waals surface area (Å²) in [6.45, 7) is -0.00347. The molecular weight excluding hydrogens is 166 g/mol. The van der Waals surface area contributed by atoms with Crippen molar-refractivity contribution in [2.45, 2.75) is 44.8 Å². The van der Waals surface area contributed by atoms with Crippen LogP contribution in [-0.2, 0) is 6.61 Å². The van der Waals surface area contributed by atoms with E-state index in [-0.39, 0.29) is 6.61 Å². The van der Waals surface area contributed by atoms with Gasteiger partial charge in [-0.05, 0) is 12.8 Å². The van der Waals surface area contributed by atoms with Crippen molar-refractivity contribution in [3.05, 3.63) is 12.2 Å². The van der Waals surface area contributed by atoms with Crippen LogP contribution >= 0.6 is 0 Å². The first-order valence-corrected chi connectivity index (χ1v) is 4.91. The number of rotatable bonds is 2. The van der Waals surface area contributed by atoms with E-state index < -0.39 is 0 Å². The molecule has 1 N–H and O–H groups in total. The van der Waals surface area contributed by atoms with Gasteiger partial charge in [0.25, 0.3) is 0 Å². The third-order valence-electron chi connectivity index (χ3n) is 2.76. The predicted octanol–water partition coefficient (Wildman–Crippen LogP) is 1.28. The Morgan fingerprint density at radius 3 is 2.85 bits per heavy atom. The molecule has 1 heterocycles. The zero-order chi connectivity index (χ0) is 9.10. The van der Waals surface area contributed by atoms with Gasteiger partial charge >= 0.3 is 0 Å². The number of hydrogen-bond acceptors (Lipinski definition) is 3. The molecule has 0 unspecified atom stereocenters. The van der Waals surface area contributed by atoms with E-state index in [4.69, 9.17) is 5.11 Å². The Morgan fingerprint density at radius 1 is 1.38 bits per heavy atom. The van der Waals surface area contributed by atoms with E-state index in [1.54, 1.807) is 6.33 Å². The lowest BCUT2D eigenvalue weighted by molar-refractivity contribution is 0.251. The number of hydrogen-bond donors (Lipinski definition) is 1. The van der Waals surface area contributed by atoms with Gasteiger partial charge in [-0.3, -0.25) is 0 Å². The summed E-state index contributed by atoms with van der Waals surface area (Å²) < 4.78 is 2.03. The van der Waals surface area contributed by atoms with E-state index in [2.05, 4.69) is 10.2 Å². The third kappa shape index (κ3) is 1.72. The van der Waals surface area contributed by atoms with Crippen LogP contribution < -0.4 is 0 Å². The fraction of sp³-hybridized carbons (Fsp3) is 0.778. The molecule has 1 aromatic rings. The van der Waals surface area contributed by atoms with Crippen molar-refractivity contribution in [2.24, 2.45) is 0 Å². The summed E-state index contributed by atoms with van der Waals surface area (Å²) in [5, 5.41) is 16.7. The molecule has 0 saturated heterocycles. The molecule has 0 atom stereocenters. The first-order valence-electron chi connectivity index (χ1n) is 4.91. The molecular formula is C9H15N3O. The Hall–Kier alpha value is -0.900. The minimum absolute atomic E-state index is 0.00347. The quantitative estimate of drug-likeness (QED) is 0.747. The second-order valence-electron chi connectivity index (χ2n) is 3.60. The second-order valence-corrected chi connectivity index (χ2v) is 3.60. The largest absolute Gasteiger partial charge is 0.388 e. The Balaban J connectivity index is 2.13. The SMILES string of the molecule is OCc1nncn1C1CCCCC1. The molecule has 72 valence electrons. The molecule has 1 aliphatic rings. The van der Waals surface area contributed by atoms with Gasteiger partial charge in [0.2, 0.25) is 0 Å². The van der Waals surface area contributed by atoms with E-state index in [1.807, 2.05) is 4.57 Å². The van der Waals surface area contributed by atoms with Gasteiger partial charge in [0.1, 0.15) is 12.9 Å². The van der Waals surface area contributed by atoms with E-state index >= 15 is 0 Å². The van der Waals surface area contributed by atoms with Gasteiger partial charge in [0.15, 0.2) is 5.82 Å². The molecule has 0 amide bonds. The fourth-order valence-corrected chi connectivity index (χ4v) is 2.04. The van der Waals surface area contributed by atoms with E-state index in [9.17, 15) is 0 Å². The standard InChI is InChI=1S/C9H15N3O/c13-6-9-11-10-7-12(9)8-4-2-1-3-5-8/h7-8,13H,1-6H2. The van der Waals surface area contributed by atoms with Gasteiger partial charge in [-0.1, -0.05) is 19.3 Å². The predicted molar refractivity (Wildman–Crippen MR) is 48.1 cm³/mol. The summed E-state index contributed by atoms with van der Waals surface area (Å²) in [4.78, 5) is 0. The maximum absolute atomic E-state index is 9.01. The first kappa shape index (κ1) is 8.69. The average Bonchev–Trinajstić information content (AvgIpc) is 2.67. The molecule has 1 saturated carbocycles. The van der Waals surface area contributed by atoms with Crippen LogP contribution in [0.4, 0.5) is 0 Å². The Labute approximate surface area is 77.6 Å². The van der Waals surface area contributed by atoms with Crippen molar-refractivity contribution in [1.29, 1.82) is 0 Å². The fourth-order valence-electron chi connectivity index (χ4n) is 2.04. The molecule has 0 spiro atoms. The minimum atomic E-state index is -0.00347. The number of nitrogens with zero attached hydrogens (tertiary/aromatic N) is 3. The maximum Gasteiger partial charge on any atom is 0.158 e. The van der Waals surface area contributed by atoms with Crippen molar-refractivity contribution in [3.8, 4) is 0 Å². The summed E-state index contributed by atoms with van der Waals surface area (Å²) in [6.07, 6.45) is 8.05. The number of aliphatic hydroxyl groups excluding tert-OH is 1. The average molecular weight is 181 g/mol. The van der Waals surface area contributed by atoms with E-state index in [0.717, 1.165) is 0 Å². The summed E-state index contributed by atoms with van der Waals surface area (Å²) >= 11 is 0. The van der Waals surface area contributed by atoms with Gasteiger partial charge in [0.05, 0.1) is 0 Å². The van der Waals surface area contributed by atoms with E-state index in [0.29, 0.717) is 11.9 Å². The van der Waals surface area contributed by atoms with Crippen LogP contribution in [0.1, 0.15) is 44.0 Å². The van der Waals surface area contributed by atoms with Crippen molar-refractivity contribution in [3.63, 3.8) is 0 Å². The second kappa shape index (κ2) is 3.87. The number of aliphatic hydroxyl groups is 1. The van der Waals surface area contributed by atoms with Crippen molar-refractivity contribution in [1.82, 2.24) is 14.8 Å². The highest BCUT2D eigenvalue weighted by Gasteiger charge is 2.17. The Kier molecular flexibility index (Phi) is 2.59. The molecule has 4 nitrogen and oxygen atoms in total. The van der Waals surface area contributed by atoms with Gasteiger partial charge in [-0.15, -0.1) is 10.2 Å². The molecule has 2 rings (SSSR count). The smallest absolute Gasteiger partial charge is 0.158 e. The zero-order valence-electron chi connectivity index (χ0n) is 7.69. The Morgan fingerprint density at radius 2 is 2.15 bits per heavy atom. The lowest BCUT2D eigenvalue weighted by atomic mass is 9.95. The maximum atomic E-state index is 9.01. The lowest BCUT2D eigenvalue weighted by Gasteiger charge is -2.23. The van der Waals surface area contributed by atoms with Gasteiger partial charge in [0, 0.05) is 6.04 Å². The monoisotopic (exact) mass is 181 g/mol. The summed E-state index contributed by atoms with van der Waals surface area (Å²) in [5.41, 5.74) is 0. The summed E-state index contributed by atoms with van der Waals surface area (Å²) in [7, 11) is 0. The highest BCUT2D eigenvalue weighted by molar-refractivity contribution is 4.88. The molecule has 1 aromatic heterocycles. The molecule has 0 radical (unpaired) electrons. The van der Waals surface area contributed by atoms with Crippen molar-refractivity contribution >= 4 is 0 Å². The minimum Gasteiger partial charge on any atom is -0.388 e. The molecule has 1 aliphatic carbocycles. The first-order chi connectivity index (χ1) is 6.42.